The maximum absolute atomic E-state index is 12.7. The number of rotatable bonds is 3. The molecule has 0 bridgehead atoms. The van der Waals surface area contributed by atoms with Gasteiger partial charge >= 0.3 is 0 Å². The Kier molecular flexibility index (Phi) is 3.85. The lowest BCUT2D eigenvalue weighted by atomic mass is 10.1. The quantitative estimate of drug-likeness (QED) is 0.790. The monoisotopic (exact) mass is 282 g/mol. The van der Waals surface area contributed by atoms with Crippen molar-refractivity contribution in [2.24, 2.45) is 0 Å². The number of hydrogen-bond acceptors (Lipinski definition) is 5. The van der Waals surface area contributed by atoms with Gasteiger partial charge in [0.1, 0.15) is 17.4 Å². The van der Waals surface area contributed by atoms with Gasteiger partial charge in [0.2, 0.25) is 0 Å². The number of methoxy groups -OCH3 is 1. The molecule has 0 N–H and O–H groups in total. The van der Waals surface area contributed by atoms with Crippen LogP contribution in [0.3, 0.4) is 0 Å². The van der Waals surface area contributed by atoms with Crippen molar-refractivity contribution in [3.63, 3.8) is 0 Å². The van der Waals surface area contributed by atoms with Crippen LogP contribution in [0.15, 0.2) is 11.2 Å². The van der Waals surface area contributed by atoms with Crippen LogP contribution < -0.4 is 4.74 Å². The molecular formula is C8H5ClF2N2O3S. The molecule has 0 fully saturated rings. The lowest BCUT2D eigenvalue weighted by Gasteiger charge is -2.10. The molecule has 0 aliphatic rings. The molecular weight excluding hydrogens is 278 g/mol. The van der Waals surface area contributed by atoms with E-state index in [0.29, 0.717) is 0 Å². The van der Waals surface area contributed by atoms with Crippen LogP contribution in [0.5, 0.6) is 5.75 Å². The van der Waals surface area contributed by atoms with Crippen LogP contribution in [0.2, 0.25) is 0 Å². The first-order chi connectivity index (χ1) is 7.82. The van der Waals surface area contributed by atoms with Gasteiger partial charge in [-0.1, -0.05) is 0 Å². The summed E-state index contributed by atoms with van der Waals surface area (Å²) in [5, 5.41) is 7.82. The molecule has 17 heavy (non-hydrogen) atoms. The predicted octanol–water partition coefficient (Wildman–Crippen LogP) is 1.83. The Hall–Kier alpha value is -1.46. The minimum absolute atomic E-state index is 0.374. The molecule has 1 aromatic heterocycles. The second kappa shape index (κ2) is 4.81. The first kappa shape index (κ1) is 13.6. The van der Waals surface area contributed by atoms with Crippen molar-refractivity contribution < 1.29 is 21.9 Å². The lowest BCUT2D eigenvalue weighted by Crippen LogP contribution is -2.06. The van der Waals surface area contributed by atoms with Gasteiger partial charge in [0.25, 0.3) is 15.5 Å². The van der Waals surface area contributed by atoms with Gasteiger partial charge in [0, 0.05) is 10.7 Å². The van der Waals surface area contributed by atoms with Gasteiger partial charge in [0.05, 0.1) is 18.9 Å². The Labute approximate surface area is 100 Å². The minimum atomic E-state index is -4.38. The number of aromatic nitrogens is 1. The molecule has 0 radical (unpaired) electrons. The van der Waals surface area contributed by atoms with Crippen molar-refractivity contribution in [1.82, 2.24) is 4.98 Å². The summed E-state index contributed by atoms with van der Waals surface area (Å²) in [4.78, 5) is 3.33. The van der Waals surface area contributed by atoms with Crippen molar-refractivity contribution >= 4 is 19.7 Å². The van der Waals surface area contributed by atoms with Crippen molar-refractivity contribution in [1.29, 1.82) is 5.26 Å². The highest BCUT2D eigenvalue weighted by Gasteiger charge is 2.28. The molecule has 0 unspecified atom stereocenters. The summed E-state index contributed by atoms with van der Waals surface area (Å²) >= 11 is 0. The van der Waals surface area contributed by atoms with Gasteiger partial charge in [-0.05, 0) is 0 Å². The summed E-state index contributed by atoms with van der Waals surface area (Å²) in [5.74, 6) is -0.374. The molecule has 5 nitrogen and oxygen atoms in total. The van der Waals surface area contributed by atoms with E-state index in [2.05, 4.69) is 9.72 Å². The number of ether oxygens (including phenoxy) is 1. The number of pyridine rings is 1. The number of nitrogens with zero attached hydrogens (tertiary/aromatic N) is 2. The van der Waals surface area contributed by atoms with E-state index in [0.717, 1.165) is 13.3 Å². The number of halogens is 3. The van der Waals surface area contributed by atoms with Crippen LogP contribution >= 0.6 is 10.7 Å². The van der Waals surface area contributed by atoms with Crippen LogP contribution in [0.1, 0.15) is 17.6 Å². The Morgan fingerprint density at radius 2 is 2.18 bits per heavy atom. The van der Waals surface area contributed by atoms with Crippen molar-refractivity contribution in [2.45, 2.75) is 11.5 Å². The van der Waals surface area contributed by atoms with E-state index in [-0.39, 0.29) is 5.75 Å². The normalized spacial score (nSPS) is 11.3. The molecule has 0 aliphatic heterocycles. The molecule has 0 spiro atoms. The van der Waals surface area contributed by atoms with Crippen LogP contribution in [0.4, 0.5) is 8.78 Å². The van der Waals surface area contributed by atoms with Crippen LogP contribution in [-0.4, -0.2) is 20.5 Å². The van der Waals surface area contributed by atoms with Crippen LogP contribution in [-0.2, 0) is 9.05 Å². The molecule has 1 rings (SSSR count). The zero-order chi connectivity index (χ0) is 13.2. The highest BCUT2D eigenvalue weighted by molar-refractivity contribution is 8.13. The third-order valence-electron chi connectivity index (χ3n) is 1.83. The summed E-state index contributed by atoms with van der Waals surface area (Å²) in [6.45, 7) is 0. The molecule has 1 aromatic rings. The summed E-state index contributed by atoms with van der Waals surface area (Å²) in [7, 11) is 1.71. The van der Waals surface area contributed by atoms with Crippen molar-refractivity contribution in [3.8, 4) is 11.8 Å². The van der Waals surface area contributed by atoms with Crippen LogP contribution in [0.25, 0.3) is 0 Å². The van der Waals surface area contributed by atoms with Crippen LogP contribution in [0, 0.1) is 11.3 Å². The fourth-order valence-corrected chi connectivity index (χ4v) is 2.09. The molecule has 9 heteroatoms. The summed E-state index contributed by atoms with van der Waals surface area (Å²) in [6, 6.07) is 1.34. The lowest BCUT2D eigenvalue weighted by molar-refractivity contribution is 0.146. The second-order valence-corrected chi connectivity index (χ2v) is 5.25. The highest BCUT2D eigenvalue weighted by atomic mass is 35.7. The predicted molar refractivity (Wildman–Crippen MR) is 53.5 cm³/mol. The average molecular weight is 283 g/mol. The first-order valence-electron chi connectivity index (χ1n) is 4.02. The smallest absolute Gasteiger partial charge is 0.280 e. The van der Waals surface area contributed by atoms with Gasteiger partial charge in [-0.2, -0.15) is 5.26 Å². The largest absolute Gasteiger partial charge is 0.495 e. The molecule has 92 valence electrons. The maximum Gasteiger partial charge on any atom is 0.280 e. The summed E-state index contributed by atoms with van der Waals surface area (Å²) in [5.41, 5.74) is -1.65. The molecule has 0 saturated heterocycles. The number of alkyl halides is 2. The van der Waals surface area contributed by atoms with E-state index < -0.39 is 31.6 Å². The Morgan fingerprint density at radius 3 is 2.53 bits per heavy atom. The molecule has 0 aliphatic carbocycles. The van der Waals surface area contributed by atoms with Gasteiger partial charge in [0.15, 0.2) is 5.03 Å². The van der Waals surface area contributed by atoms with Gasteiger partial charge < -0.3 is 4.74 Å². The average Bonchev–Trinajstić information content (AvgIpc) is 2.25. The van der Waals surface area contributed by atoms with E-state index in [1.54, 1.807) is 0 Å². The number of nitriles is 1. The van der Waals surface area contributed by atoms with Gasteiger partial charge in [-0.3, -0.25) is 0 Å². The van der Waals surface area contributed by atoms with E-state index in [1.165, 1.54) is 6.07 Å². The number of hydrogen-bond donors (Lipinski definition) is 0. The first-order valence-corrected chi connectivity index (χ1v) is 6.33. The standard InChI is InChI=1S/C8H5ClF2N2O3S/c1-16-5-3-13-8(17(9,14)15)4(2-12)6(5)7(10)11/h3,7H,1H3. The zero-order valence-electron chi connectivity index (χ0n) is 8.32. The van der Waals surface area contributed by atoms with Crippen molar-refractivity contribution in [3.05, 3.63) is 17.3 Å². The zero-order valence-corrected chi connectivity index (χ0v) is 9.89. The van der Waals surface area contributed by atoms with E-state index >= 15 is 0 Å². The van der Waals surface area contributed by atoms with E-state index in [9.17, 15) is 17.2 Å². The molecule has 0 amide bonds. The minimum Gasteiger partial charge on any atom is -0.495 e. The Bertz CT molecular complexity index is 583. The van der Waals surface area contributed by atoms with Crippen molar-refractivity contribution in [2.75, 3.05) is 7.11 Å². The Morgan fingerprint density at radius 1 is 1.59 bits per heavy atom. The third kappa shape index (κ3) is 2.62. The maximum atomic E-state index is 12.7. The topological polar surface area (TPSA) is 80.0 Å². The SMILES string of the molecule is COc1cnc(S(=O)(=O)Cl)c(C#N)c1C(F)F. The molecule has 0 atom stereocenters. The van der Waals surface area contributed by atoms with Gasteiger partial charge in [-0.25, -0.2) is 22.2 Å². The van der Waals surface area contributed by atoms with Gasteiger partial charge in [-0.15, -0.1) is 0 Å². The Balaban J connectivity index is 3.72. The molecule has 0 aromatic carbocycles. The highest BCUT2D eigenvalue weighted by Crippen LogP contribution is 2.34. The summed E-state index contributed by atoms with van der Waals surface area (Å²) in [6.07, 6.45) is -2.31. The van der Waals surface area contributed by atoms with E-state index in [1.807, 2.05) is 0 Å². The molecule has 0 saturated carbocycles. The second-order valence-electron chi connectivity index (χ2n) is 2.77. The summed E-state index contributed by atoms with van der Waals surface area (Å²) < 4.78 is 52.2. The molecule has 1 heterocycles. The third-order valence-corrected chi connectivity index (χ3v) is 3.04. The van der Waals surface area contributed by atoms with E-state index in [4.69, 9.17) is 15.9 Å². The fraction of sp³-hybridized carbons (Fsp3) is 0.250. The fourth-order valence-electron chi connectivity index (χ4n) is 1.16.